The summed E-state index contributed by atoms with van der Waals surface area (Å²) in [6, 6.07) is 0.248. The van der Waals surface area contributed by atoms with Crippen molar-refractivity contribution >= 4 is 5.91 Å². The van der Waals surface area contributed by atoms with E-state index in [9.17, 15) is 4.79 Å². The minimum absolute atomic E-state index is 0.0141. The summed E-state index contributed by atoms with van der Waals surface area (Å²) in [7, 11) is 1.37. The zero-order valence-electron chi connectivity index (χ0n) is 7.36. The van der Waals surface area contributed by atoms with Crippen LogP contribution in [0.1, 0.15) is 25.7 Å². The van der Waals surface area contributed by atoms with Crippen LogP contribution < -0.4 is 5.73 Å². The predicted octanol–water partition coefficient (Wildman–Crippen LogP) is 0.351. The summed E-state index contributed by atoms with van der Waals surface area (Å²) in [5.41, 5.74) is 5.69. The van der Waals surface area contributed by atoms with Crippen LogP contribution in [0.4, 0.5) is 0 Å². The molecule has 0 aromatic heterocycles. The third-order valence-corrected chi connectivity index (χ3v) is 2.44. The normalized spacial score (nSPS) is 29.9. The second-order valence-electron chi connectivity index (χ2n) is 3.47. The van der Waals surface area contributed by atoms with Crippen molar-refractivity contribution in [3.8, 4) is 0 Å². The molecule has 0 aliphatic heterocycles. The number of rotatable bonds is 1. The summed E-state index contributed by atoms with van der Waals surface area (Å²) in [4.78, 5) is 11.2. The fourth-order valence-electron chi connectivity index (χ4n) is 1.63. The van der Waals surface area contributed by atoms with Gasteiger partial charge < -0.3 is 5.73 Å². The van der Waals surface area contributed by atoms with E-state index in [-0.39, 0.29) is 17.9 Å². The van der Waals surface area contributed by atoms with Gasteiger partial charge in [0.1, 0.15) is 0 Å². The van der Waals surface area contributed by atoms with Crippen LogP contribution in [0.3, 0.4) is 0 Å². The predicted molar refractivity (Wildman–Crippen MR) is 44.5 cm³/mol. The smallest absolute Gasteiger partial charge is 0.248 e. The zero-order chi connectivity index (χ0) is 9.14. The lowest BCUT2D eigenvalue weighted by Gasteiger charge is -2.26. The highest BCUT2D eigenvalue weighted by Crippen LogP contribution is 2.24. The lowest BCUT2D eigenvalue weighted by molar-refractivity contribution is -0.165. The molecule has 0 radical (unpaired) electrons. The van der Waals surface area contributed by atoms with E-state index in [0.29, 0.717) is 5.06 Å². The summed E-state index contributed by atoms with van der Waals surface area (Å²) in [6.07, 6.45) is 3.41. The van der Waals surface area contributed by atoms with Crippen molar-refractivity contribution in [3.05, 3.63) is 0 Å². The van der Waals surface area contributed by atoms with Gasteiger partial charge in [-0.3, -0.25) is 10.0 Å². The van der Waals surface area contributed by atoms with Gasteiger partial charge in [0.05, 0.1) is 0 Å². The van der Waals surface area contributed by atoms with E-state index in [4.69, 9.17) is 10.9 Å². The van der Waals surface area contributed by atoms with Gasteiger partial charge in [-0.1, -0.05) is 0 Å². The number of hydrogen-bond donors (Lipinski definition) is 2. The minimum Gasteiger partial charge on any atom is -0.328 e. The molecule has 1 saturated carbocycles. The molecule has 1 aliphatic rings. The average molecular weight is 172 g/mol. The maximum absolute atomic E-state index is 11.2. The Kier molecular flexibility index (Phi) is 3.05. The average Bonchev–Trinajstić information content (AvgIpc) is 2.04. The summed E-state index contributed by atoms with van der Waals surface area (Å²) in [5, 5.41) is 9.57. The lowest BCUT2D eigenvalue weighted by atomic mass is 9.86. The Bertz CT molecular complexity index is 162. The molecular formula is C8H16N2O2. The molecule has 1 rings (SSSR count). The second kappa shape index (κ2) is 3.87. The van der Waals surface area contributed by atoms with Crippen LogP contribution in [-0.2, 0) is 4.79 Å². The van der Waals surface area contributed by atoms with Crippen LogP contribution in [0.5, 0.6) is 0 Å². The van der Waals surface area contributed by atoms with Crippen LogP contribution in [0.2, 0.25) is 0 Å². The standard InChI is InChI=1S/C8H16N2O2/c1-10(12)8(11)6-2-4-7(9)5-3-6/h6-7,12H,2-5,9H2,1H3. The highest BCUT2D eigenvalue weighted by molar-refractivity contribution is 5.77. The van der Waals surface area contributed by atoms with E-state index in [0.717, 1.165) is 25.7 Å². The van der Waals surface area contributed by atoms with Gasteiger partial charge in [0, 0.05) is 19.0 Å². The third-order valence-electron chi connectivity index (χ3n) is 2.44. The van der Waals surface area contributed by atoms with E-state index in [1.165, 1.54) is 7.05 Å². The van der Waals surface area contributed by atoms with Gasteiger partial charge in [-0.2, -0.15) is 0 Å². The molecule has 0 bridgehead atoms. The Hall–Kier alpha value is -0.610. The molecule has 0 spiro atoms. The largest absolute Gasteiger partial charge is 0.328 e. The first kappa shape index (κ1) is 9.48. The van der Waals surface area contributed by atoms with E-state index >= 15 is 0 Å². The van der Waals surface area contributed by atoms with Crippen LogP contribution >= 0.6 is 0 Å². The Morgan fingerprint density at radius 2 is 1.92 bits per heavy atom. The number of nitrogens with zero attached hydrogens (tertiary/aromatic N) is 1. The molecule has 4 nitrogen and oxygen atoms in total. The summed E-state index contributed by atoms with van der Waals surface area (Å²) < 4.78 is 0. The molecule has 3 N–H and O–H groups in total. The van der Waals surface area contributed by atoms with Gasteiger partial charge in [0.2, 0.25) is 5.91 Å². The Morgan fingerprint density at radius 3 is 2.33 bits per heavy atom. The van der Waals surface area contributed by atoms with Crippen LogP contribution in [0, 0.1) is 5.92 Å². The summed E-state index contributed by atoms with van der Waals surface area (Å²) >= 11 is 0. The van der Waals surface area contributed by atoms with Crippen molar-refractivity contribution in [2.45, 2.75) is 31.7 Å². The molecule has 0 atom stereocenters. The monoisotopic (exact) mass is 172 g/mol. The molecule has 0 heterocycles. The van der Waals surface area contributed by atoms with Crippen molar-refractivity contribution in [2.75, 3.05) is 7.05 Å². The highest BCUT2D eigenvalue weighted by atomic mass is 16.5. The maximum Gasteiger partial charge on any atom is 0.248 e. The number of hydrogen-bond acceptors (Lipinski definition) is 3. The maximum atomic E-state index is 11.2. The third kappa shape index (κ3) is 2.19. The van der Waals surface area contributed by atoms with Gasteiger partial charge in [-0.15, -0.1) is 0 Å². The number of carbonyl (C=O) groups excluding carboxylic acids is 1. The summed E-state index contributed by atoms with van der Waals surface area (Å²) in [5.74, 6) is -0.193. The van der Waals surface area contributed by atoms with Gasteiger partial charge in [-0.25, -0.2) is 5.06 Å². The van der Waals surface area contributed by atoms with Crippen molar-refractivity contribution in [1.82, 2.24) is 5.06 Å². The second-order valence-corrected chi connectivity index (χ2v) is 3.47. The number of nitrogens with two attached hydrogens (primary N) is 1. The molecule has 12 heavy (non-hydrogen) atoms. The fourth-order valence-corrected chi connectivity index (χ4v) is 1.63. The zero-order valence-corrected chi connectivity index (χ0v) is 7.36. The molecular weight excluding hydrogens is 156 g/mol. The number of amides is 1. The van der Waals surface area contributed by atoms with E-state index in [1.807, 2.05) is 0 Å². The fraction of sp³-hybridized carbons (Fsp3) is 0.875. The minimum atomic E-state index is -0.179. The first-order valence-corrected chi connectivity index (χ1v) is 4.33. The Balaban J connectivity index is 2.39. The number of hydroxylamine groups is 2. The van der Waals surface area contributed by atoms with Gasteiger partial charge in [-0.05, 0) is 25.7 Å². The van der Waals surface area contributed by atoms with E-state index in [2.05, 4.69) is 0 Å². The van der Waals surface area contributed by atoms with Crippen molar-refractivity contribution in [1.29, 1.82) is 0 Å². The molecule has 1 fully saturated rings. The molecule has 0 aromatic carbocycles. The summed E-state index contributed by atoms with van der Waals surface area (Å²) in [6.45, 7) is 0. The van der Waals surface area contributed by atoms with E-state index < -0.39 is 0 Å². The number of carbonyl (C=O) groups is 1. The van der Waals surface area contributed by atoms with Crippen molar-refractivity contribution < 1.29 is 10.0 Å². The SMILES string of the molecule is CN(O)C(=O)C1CCC(N)CC1. The Labute approximate surface area is 72.3 Å². The van der Waals surface area contributed by atoms with Gasteiger partial charge in [0.15, 0.2) is 0 Å². The first-order valence-electron chi connectivity index (χ1n) is 4.33. The highest BCUT2D eigenvalue weighted by Gasteiger charge is 2.26. The molecule has 0 unspecified atom stereocenters. The molecule has 4 heteroatoms. The van der Waals surface area contributed by atoms with Crippen LogP contribution in [0.25, 0.3) is 0 Å². The quantitative estimate of drug-likeness (QED) is 0.443. The lowest BCUT2D eigenvalue weighted by Crippen LogP contribution is -2.35. The van der Waals surface area contributed by atoms with Crippen molar-refractivity contribution in [3.63, 3.8) is 0 Å². The van der Waals surface area contributed by atoms with Gasteiger partial charge in [0.25, 0.3) is 0 Å². The van der Waals surface area contributed by atoms with Gasteiger partial charge >= 0.3 is 0 Å². The topological polar surface area (TPSA) is 66.6 Å². The Morgan fingerprint density at radius 1 is 1.42 bits per heavy atom. The molecule has 1 amide bonds. The molecule has 0 saturated heterocycles. The molecule has 1 aliphatic carbocycles. The first-order chi connectivity index (χ1) is 5.61. The molecule has 70 valence electrons. The van der Waals surface area contributed by atoms with Crippen LogP contribution in [0.15, 0.2) is 0 Å². The van der Waals surface area contributed by atoms with Crippen molar-refractivity contribution in [2.24, 2.45) is 11.7 Å². The molecule has 0 aromatic rings. The van der Waals surface area contributed by atoms with Crippen LogP contribution in [-0.4, -0.2) is 29.3 Å². The van der Waals surface area contributed by atoms with E-state index in [1.54, 1.807) is 0 Å².